The number of nitrogens with zero attached hydrogens (tertiary/aromatic N) is 3. The Morgan fingerprint density at radius 1 is 1.23 bits per heavy atom. The van der Waals surface area contributed by atoms with Gasteiger partial charge in [-0.1, -0.05) is 0 Å². The van der Waals surface area contributed by atoms with E-state index in [1.807, 2.05) is 13.8 Å². The number of aryl methyl sites for hydroxylation is 1. The molecule has 0 aliphatic carbocycles. The molecule has 2 aromatic carbocycles. The molecule has 7 nitrogen and oxygen atoms in total. The third kappa shape index (κ3) is 3.57. The van der Waals surface area contributed by atoms with E-state index in [4.69, 9.17) is 10.5 Å². The van der Waals surface area contributed by atoms with Gasteiger partial charge in [0, 0.05) is 18.2 Å². The first-order valence-electron chi connectivity index (χ1n) is 6.70. The second kappa shape index (κ2) is 6.66. The first-order chi connectivity index (χ1) is 10.5. The van der Waals surface area contributed by atoms with Gasteiger partial charge in [0.2, 0.25) is 0 Å². The van der Waals surface area contributed by atoms with Crippen molar-refractivity contribution in [2.24, 2.45) is 10.2 Å². The number of nitrogen functional groups attached to an aromatic ring is 1. The van der Waals surface area contributed by atoms with Crippen molar-refractivity contribution in [1.82, 2.24) is 0 Å². The summed E-state index contributed by atoms with van der Waals surface area (Å²) >= 11 is 0. The summed E-state index contributed by atoms with van der Waals surface area (Å²) in [7, 11) is 0. The summed E-state index contributed by atoms with van der Waals surface area (Å²) in [4.78, 5) is 10.1. The third-order valence-electron chi connectivity index (χ3n) is 2.96. The van der Waals surface area contributed by atoms with Crippen LogP contribution in [0.2, 0.25) is 0 Å². The number of anilines is 1. The maximum Gasteiger partial charge on any atom is 0.269 e. The van der Waals surface area contributed by atoms with Gasteiger partial charge in [-0.3, -0.25) is 10.1 Å². The fraction of sp³-hybridized carbons (Fsp3) is 0.200. The summed E-state index contributed by atoms with van der Waals surface area (Å²) in [6.07, 6.45) is 0. The molecule has 0 saturated carbocycles. The van der Waals surface area contributed by atoms with Crippen LogP contribution in [0.25, 0.3) is 0 Å². The number of non-ortho nitro benzene ring substituents is 1. The van der Waals surface area contributed by atoms with E-state index in [0.717, 1.165) is 5.56 Å². The number of nitrogens with two attached hydrogens (primary N) is 1. The number of nitro benzene ring substituents is 1. The average molecular weight is 300 g/mol. The van der Waals surface area contributed by atoms with Crippen LogP contribution in [0.4, 0.5) is 22.7 Å². The van der Waals surface area contributed by atoms with Crippen molar-refractivity contribution in [3.05, 3.63) is 52.1 Å². The Labute approximate surface area is 127 Å². The van der Waals surface area contributed by atoms with Gasteiger partial charge in [-0.05, 0) is 37.6 Å². The molecule has 0 aliphatic heterocycles. The molecule has 7 heteroatoms. The van der Waals surface area contributed by atoms with Crippen LogP contribution in [0.1, 0.15) is 12.5 Å². The second-order valence-electron chi connectivity index (χ2n) is 4.58. The van der Waals surface area contributed by atoms with Gasteiger partial charge in [-0.15, -0.1) is 5.11 Å². The van der Waals surface area contributed by atoms with Crippen molar-refractivity contribution in [1.29, 1.82) is 0 Å². The lowest BCUT2D eigenvalue weighted by Crippen LogP contribution is -1.96. The fourth-order valence-electron chi connectivity index (χ4n) is 1.84. The molecular weight excluding hydrogens is 284 g/mol. The van der Waals surface area contributed by atoms with Crippen LogP contribution in [0.3, 0.4) is 0 Å². The molecule has 0 bridgehead atoms. The van der Waals surface area contributed by atoms with Gasteiger partial charge in [0.1, 0.15) is 11.4 Å². The van der Waals surface area contributed by atoms with E-state index in [2.05, 4.69) is 10.2 Å². The Hall–Kier alpha value is -2.96. The summed E-state index contributed by atoms with van der Waals surface area (Å²) in [6, 6.07) is 9.30. The van der Waals surface area contributed by atoms with E-state index in [0.29, 0.717) is 29.4 Å². The zero-order valence-corrected chi connectivity index (χ0v) is 12.3. The predicted molar refractivity (Wildman–Crippen MR) is 84.0 cm³/mol. The standard InChI is InChI=1S/C15H16N4O3/c1-3-22-15-9-13(16)14(8-10(15)2)18-17-11-4-6-12(7-5-11)19(20)21/h4-9H,3,16H2,1-2H3. The highest BCUT2D eigenvalue weighted by atomic mass is 16.6. The van der Waals surface area contributed by atoms with Crippen LogP contribution in [-0.4, -0.2) is 11.5 Å². The molecule has 2 rings (SSSR count). The maximum atomic E-state index is 10.6. The molecular formula is C15H16N4O3. The minimum absolute atomic E-state index is 0.00961. The number of ether oxygens (including phenoxy) is 1. The quantitative estimate of drug-likeness (QED) is 0.384. The predicted octanol–water partition coefficient (Wildman–Crippen LogP) is 4.30. The molecule has 0 aliphatic rings. The molecule has 0 heterocycles. The Bertz CT molecular complexity index is 711. The molecule has 0 radical (unpaired) electrons. The summed E-state index contributed by atoms with van der Waals surface area (Å²) in [6.45, 7) is 4.36. The van der Waals surface area contributed by atoms with Gasteiger partial charge in [0.25, 0.3) is 5.69 Å². The van der Waals surface area contributed by atoms with Gasteiger partial charge >= 0.3 is 0 Å². The zero-order valence-electron chi connectivity index (χ0n) is 12.3. The van der Waals surface area contributed by atoms with E-state index < -0.39 is 4.92 Å². The Morgan fingerprint density at radius 2 is 1.91 bits per heavy atom. The smallest absolute Gasteiger partial charge is 0.269 e. The SMILES string of the molecule is CCOc1cc(N)c(N=Nc2ccc([N+](=O)[O-])cc2)cc1C. The summed E-state index contributed by atoms with van der Waals surface area (Å²) in [5, 5.41) is 18.7. The van der Waals surface area contributed by atoms with Crippen molar-refractivity contribution >= 4 is 22.7 Å². The van der Waals surface area contributed by atoms with Crippen LogP contribution >= 0.6 is 0 Å². The number of azo groups is 1. The Balaban J connectivity index is 2.22. The van der Waals surface area contributed by atoms with Crippen molar-refractivity contribution in [3.63, 3.8) is 0 Å². The summed E-state index contributed by atoms with van der Waals surface area (Å²) < 4.78 is 5.45. The maximum absolute atomic E-state index is 10.6. The normalized spacial score (nSPS) is 10.8. The third-order valence-corrected chi connectivity index (χ3v) is 2.96. The van der Waals surface area contributed by atoms with Crippen molar-refractivity contribution in [2.45, 2.75) is 13.8 Å². The first-order valence-corrected chi connectivity index (χ1v) is 6.70. The monoisotopic (exact) mass is 300 g/mol. The molecule has 0 saturated heterocycles. The van der Waals surface area contributed by atoms with Gasteiger partial charge in [0.15, 0.2) is 0 Å². The highest BCUT2D eigenvalue weighted by Gasteiger charge is 2.06. The lowest BCUT2D eigenvalue weighted by molar-refractivity contribution is -0.384. The van der Waals surface area contributed by atoms with Crippen LogP contribution in [0.15, 0.2) is 46.6 Å². The van der Waals surface area contributed by atoms with E-state index >= 15 is 0 Å². The van der Waals surface area contributed by atoms with Crippen LogP contribution in [-0.2, 0) is 0 Å². The lowest BCUT2D eigenvalue weighted by Gasteiger charge is -2.09. The molecule has 2 N–H and O–H groups in total. The topological polar surface area (TPSA) is 103 Å². The van der Waals surface area contributed by atoms with E-state index in [9.17, 15) is 10.1 Å². The first kappa shape index (κ1) is 15.4. The van der Waals surface area contributed by atoms with Gasteiger partial charge in [-0.2, -0.15) is 5.11 Å². The number of hydrogen-bond donors (Lipinski definition) is 1. The van der Waals surface area contributed by atoms with E-state index in [1.54, 1.807) is 12.1 Å². The molecule has 2 aromatic rings. The second-order valence-corrected chi connectivity index (χ2v) is 4.58. The molecule has 22 heavy (non-hydrogen) atoms. The molecule has 0 aromatic heterocycles. The molecule has 0 fully saturated rings. The molecule has 0 spiro atoms. The minimum Gasteiger partial charge on any atom is -0.494 e. The molecule has 0 unspecified atom stereocenters. The number of nitro groups is 1. The number of benzene rings is 2. The molecule has 0 amide bonds. The number of hydrogen-bond acceptors (Lipinski definition) is 6. The summed E-state index contributed by atoms with van der Waals surface area (Å²) in [5.41, 5.74) is 8.34. The average Bonchev–Trinajstić information content (AvgIpc) is 2.50. The highest BCUT2D eigenvalue weighted by molar-refractivity contribution is 5.67. The fourth-order valence-corrected chi connectivity index (χ4v) is 1.84. The van der Waals surface area contributed by atoms with E-state index in [1.165, 1.54) is 24.3 Å². The highest BCUT2D eigenvalue weighted by Crippen LogP contribution is 2.32. The van der Waals surface area contributed by atoms with Crippen molar-refractivity contribution in [3.8, 4) is 5.75 Å². The lowest BCUT2D eigenvalue weighted by atomic mass is 10.2. The van der Waals surface area contributed by atoms with Crippen molar-refractivity contribution in [2.75, 3.05) is 12.3 Å². The van der Waals surface area contributed by atoms with Gasteiger partial charge < -0.3 is 10.5 Å². The number of rotatable bonds is 5. The van der Waals surface area contributed by atoms with Gasteiger partial charge in [0.05, 0.1) is 22.9 Å². The zero-order chi connectivity index (χ0) is 16.1. The van der Waals surface area contributed by atoms with E-state index in [-0.39, 0.29) is 5.69 Å². The van der Waals surface area contributed by atoms with Gasteiger partial charge in [-0.25, -0.2) is 0 Å². The Morgan fingerprint density at radius 3 is 2.50 bits per heavy atom. The summed E-state index contributed by atoms with van der Waals surface area (Å²) in [5.74, 6) is 0.717. The molecule has 114 valence electrons. The van der Waals surface area contributed by atoms with Crippen molar-refractivity contribution < 1.29 is 9.66 Å². The van der Waals surface area contributed by atoms with Crippen LogP contribution < -0.4 is 10.5 Å². The van der Waals surface area contributed by atoms with Crippen LogP contribution in [0, 0.1) is 17.0 Å². The Kier molecular flexibility index (Phi) is 4.67. The largest absolute Gasteiger partial charge is 0.494 e. The minimum atomic E-state index is -0.464. The van der Waals surface area contributed by atoms with Crippen LogP contribution in [0.5, 0.6) is 5.75 Å². The molecule has 0 atom stereocenters.